The number of nitrogens with zero attached hydrogens (tertiary/aromatic N) is 2. The van der Waals surface area contributed by atoms with Crippen molar-refractivity contribution in [2.24, 2.45) is 0 Å². The van der Waals surface area contributed by atoms with Gasteiger partial charge in [-0.3, -0.25) is 4.79 Å². The smallest absolute Gasteiger partial charge is 0.264 e. The summed E-state index contributed by atoms with van der Waals surface area (Å²) in [5, 5.41) is 8.86. The van der Waals surface area contributed by atoms with Crippen molar-refractivity contribution in [1.82, 2.24) is 4.90 Å². The molecule has 0 aliphatic heterocycles. The predicted octanol–water partition coefficient (Wildman–Crippen LogP) is 3.00. The first-order valence-corrected chi connectivity index (χ1v) is 7.23. The molecule has 0 saturated heterocycles. The Morgan fingerprint density at radius 3 is 2.89 bits per heavy atom. The van der Waals surface area contributed by atoms with Gasteiger partial charge in [0.05, 0.1) is 10.9 Å². The van der Waals surface area contributed by atoms with Crippen LogP contribution in [0.25, 0.3) is 0 Å². The molecule has 1 aliphatic carbocycles. The molecule has 2 rings (SSSR count). The molecule has 96 valence electrons. The Morgan fingerprint density at radius 2 is 2.17 bits per heavy atom. The quantitative estimate of drug-likeness (QED) is 0.769. The summed E-state index contributed by atoms with van der Waals surface area (Å²) in [4.78, 5) is 15.9. The lowest BCUT2D eigenvalue weighted by Gasteiger charge is -2.18. The third-order valence-corrected chi connectivity index (χ3v) is 4.77. The van der Waals surface area contributed by atoms with E-state index in [0.29, 0.717) is 0 Å². The lowest BCUT2D eigenvalue weighted by atomic mass is 10.1. The van der Waals surface area contributed by atoms with E-state index in [0.717, 1.165) is 17.7 Å². The molecule has 3 nitrogen and oxygen atoms in total. The van der Waals surface area contributed by atoms with Crippen molar-refractivity contribution >= 4 is 17.2 Å². The highest BCUT2D eigenvalue weighted by atomic mass is 32.1. The van der Waals surface area contributed by atoms with Crippen LogP contribution in [-0.4, -0.2) is 23.9 Å². The fourth-order valence-corrected chi connectivity index (χ4v) is 3.45. The van der Waals surface area contributed by atoms with Crippen molar-refractivity contribution in [3.63, 3.8) is 0 Å². The molecule has 0 bridgehead atoms. The third-order valence-electron chi connectivity index (χ3n) is 3.55. The summed E-state index contributed by atoms with van der Waals surface area (Å²) in [6.45, 7) is 1.75. The highest BCUT2D eigenvalue weighted by molar-refractivity contribution is 7.14. The van der Waals surface area contributed by atoms with E-state index in [4.69, 9.17) is 5.26 Å². The Labute approximate surface area is 112 Å². The molecule has 1 atom stereocenters. The zero-order valence-electron chi connectivity index (χ0n) is 10.9. The molecule has 1 aliphatic rings. The Balaban J connectivity index is 2.20. The van der Waals surface area contributed by atoms with Crippen LogP contribution in [-0.2, 0) is 12.8 Å². The van der Waals surface area contributed by atoms with E-state index in [1.807, 2.05) is 6.07 Å². The molecule has 0 aromatic carbocycles. The monoisotopic (exact) mass is 262 g/mol. The van der Waals surface area contributed by atoms with Crippen molar-refractivity contribution in [2.75, 3.05) is 7.05 Å². The van der Waals surface area contributed by atoms with E-state index in [1.54, 1.807) is 25.3 Å². The number of fused-ring (bicyclic) bond motifs is 1. The van der Waals surface area contributed by atoms with Crippen LogP contribution < -0.4 is 0 Å². The van der Waals surface area contributed by atoms with Crippen LogP contribution in [0.3, 0.4) is 0 Å². The fourth-order valence-electron chi connectivity index (χ4n) is 2.21. The normalized spacial score (nSPS) is 16.3. The number of amides is 1. The predicted molar refractivity (Wildman–Crippen MR) is 72.7 cm³/mol. The van der Waals surface area contributed by atoms with Gasteiger partial charge in [0.15, 0.2) is 0 Å². The van der Waals surface area contributed by atoms with Crippen molar-refractivity contribution in [2.45, 2.75) is 45.1 Å². The second kappa shape index (κ2) is 5.53. The number of carbonyl (C=O) groups excluding carboxylic acids is 1. The van der Waals surface area contributed by atoms with Gasteiger partial charge in [-0.25, -0.2) is 0 Å². The van der Waals surface area contributed by atoms with Crippen LogP contribution >= 0.6 is 11.3 Å². The lowest BCUT2D eigenvalue weighted by molar-refractivity contribution is 0.0778. The number of nitriles is 1. The molecule has 1 amide bonds. The third kappa shape index (κ3) is 2.56. The van der Waals surface area contributed by atoms with Crippen molar-refractivity contribution < 1.29 is 4.79 Å². The highest BCUT2D eigenvalue weighted by Gasteiger charge is 2.21. The molecule has 1 heterocycles. The topological polar surface area (TPSA) is 44.1 Å². The maximum Gasteiger partial charge on any atom is 0.264 e. The first-order valence-electron chi connectivity index (χ1n) is 6.42. The largest absolute Gasteiger partial charge is 0.325 e. The molecule has 0 radical (unpaired) electrons. The van der Waals surface area contributed by atoms with Gasteiger partial charge in [-0.05, 0) is 44.2 Å². The summed E-state index contributed by atoms with van der Waals surface area (Å²) < 4.78 is 0. The van der Waals surface area contributed by atoms with Gasteiger partial charge in [-0.1, -0.05) is 6.42 Å². The maximum atomic E-state index is 12.2. The van der Waals surface area contributed by atoms with Crippen LogP contribution in [0.5, 0.6) is 0 Å². The van der Waals surface area contributed by atoms with Gasteiger partial charge in [0.1, 0.15) is 6.04 Å². The lowest BCUT2D eigenvalue weighted by Crippen LogP contribution is -2.33. The van der Waals surface area contributed by atoms with Gasteiger partial charge in [-0.15, -0.1) is 11.3 Å². The van der Waals surface area contributed by atoms with Crippen molar-refractivity contribution in [1.29, 1.82) is 5.26 Å². The SMILES string of the molecule is CC(C#N)N(C)C(=O)c1cc2c(s1)CCCCC2. The van der Waals surface area contributed by atoms with Gasteiger partial charge in [0.25, 0.3) is 5.91 Å². The molecule has 4 heteroatoms. The summed E-state index contributed by atoms with van der Waals surface area (Å²) in [6, 6.07) is 3.76. The molecule has 0 N–H and O–H groups in total. The van der Waals surface area contributed by atoms with Crippen LogP contribution in [0.4, 0.5) is 0 Å². The Kier molecular flexibility index (Phi) is 4.03. The summed E-state index contributed by atoms with van der Waals surface area (Å²) in [6.07, 6.45) is 5.94. The van der Waals surface area contributed by atoms with Crippen LogP contribution in [0.2, 0.25) is 0 Å². The van der Waals surface area contributed by atoms with Crippen LogP contribution in [0.1, 0.15) is 46.3 Å². The van der Waals surface area contributed by atoms with E-state index < -0.39 is 0 Å². The molecule has 0 saturated carbocycles. The van der Waals surface area contributed by atoms with E-state index in [1.165, 1.54) is 34.6 Å². The Bertz CT molecular complexity index is 463. The van der Waals surface area contributed by atoms with Crippen molar-refractivity contribution in [3.05, 3.63) is 21.4 Å². The minimum atomic E-state index is -0.376. The number of hydrogen-bond acceptors (Lipinski definition) is 3. The van der Waals surface area contributed by atoms with Gasteiger partial charge in [0, 0.05) is 11.9 Å². The van der Waals surface area contributed by atoms with E-state index >= 15 is 0 Å². The molecular weight excluding hydrogens is 244 g/mol. The average Bonchev–Trinajstić information content (AvgIpc) is 2.67. The number of aryl methyl sites for hydroxylation is 2. The fraction of sp³-hybridized carbons (Fsp3) is 0.571. The van der Waals surface area contributed by atoms with E-state index in [-0.39, 0.29) is 11.9 Å². The summed E-state index contributed by atoms with van der Waals surface area (Å²) in [5.41, 5.74) is 1.35. The molecule has 1 aromatic heterocycles. The first-order chi connectivity index (χ1) is 8.63. The zero-order valence-corrected chi connectivity index (χ0v) is 11.7. The zero-order chi connectivity index (χ0) is 13.1. The number of carbonyl (C=O) groups is 1. The Morgan fingerprint density at radius 1 is 1.44 bits per heavy atom. The van der Waals surface area contributed by atoms with Crippen LogP contribution in [0.15, 0.2) is 6.07 Å². The Hall–Kier alpha value is -1.34. The second-order valence-corrected chi connectivity index (χ2v) is 5.98. The number of rotatable bonds is 2. The minimum absolute atomic E-state index is 0.0258. The summed E-state index contributed by atoms with van der Waals surface area (Å²) >= 11 is 1.61. The highest BCUT2D eigenvalue weighted by Crippen LogP contribution is 2.29. The first kappa shape index (κ1) is 13.1. The minimum Gasteiger partial charge on any atom is -0.325 e. The van der Waals surface area contributed by atoms with Gasteiger partial charge in [-0.2, -0.15) is 5.26 Å². The molecular formula is C14H18N2OS. The molecule has 0 spiro atoms. The van der Waals surface area contributed by atoms with Crippen molar-refractivity contribution in [3.8, 4) is 6.07 Å². The molecule has 0 fully saturated rings. The van der Waals surface area contributed by atoms with Gasteiger partial charge in [0.2, 0.25) is 0 Å². The second-order valence-electron chi connectivity index (χ2n) is 4.84. The van der Waals surface area contributed by atoms with Gasteiger partial charge < -0.3 is 4.90 Å². The van der Waals surface area contributed by atoms with Gasteiger partial charge >= 0.3 is 0 Å². The summed E-state index contributed by atoms with van der Waals surface area (Å²) in [7, 11) is 1.70. The molecule has 1 aromatic rings. The standard InChI is InChI=1S/C14H18N2OS/c1-10(9-15)16(2)14(17)13-8-11-6-4-3-5-7-12(11)18-13/h8,10H,3-7H2,1-2H3. The van der Waals surface area contributed by atoms with E-state index in [9.17, 15) is 4.79 Å². The van der Waals surface area contributed by atoms with E-state index in [2.05, 4.69) is 6.07 Å². The molecule has 18 heavy (non-hydrogen) atoms. The maximum absolute atomic E-state index is 12.2. The van der Waals surface area contributed by atoms with Crippen LogP contribution in [0, 0.1) is 11.3 Å². The number of hydrogen-bond donors (Lipinski definition) is 0. The average molecular weight is 262 g/mol. The molecule has 1 unspecified atom stereocenters. The number of thiophene rings is 1. The summed E-state index contributed by atoms with van der Waals surface area (Å²) in [5.74, 6) is -0.0258.